The van der Waals surface area contributed by atoms with Gasteiger partial charge in [0, 0.05) is 120 Å². The van der Waals surface area contributed by atoms with Crippen molar-refractivity contribution < 1.29 is 65.8 Å². The van der Waals surface area contributed by atoms with Crippen molar-refractivity contribution in [2.45, 2.75) is 39.9 Å². The second-order valence-electron chi connectivity index (χ2n) is 21.6. The summed E-state index contributed by atoms with van der Waals surface area (Å²) >= 11 is 0. The number of rotatable bonds is 11. The van der Waals surface area contributed by atoms with E-state index in [0.29, 0.717) is 16.8 Å². The van der Waals surface area contributed by atoms with E-state index in [1.165, 1.54) is 40.3 Å². The fourth-order valence-electron chi connectivity index (χ4n) is 10.1. The molecule has 0 bridgehead atoms. The molecule has 15 rings (SSSR count). The van der Waals surface area contributed by atoms with Gasteiger partial charge in [0.05, 0.1) is 0 Å². The zero-order valence-corrected chi connectivity index (χ0v) is 62.0. The third-order valence-corrected chi connectivity index (χ3v) is 14.9. The summed E-state index contributed by atoms with van der Waals surface area (Å²) in [6.07, 6.45) is 11.9. The first kappa shape index (κ1) is 70.2. The maximum Gasteiger partial charge on any atom is 0.0346 e. The Morgan fingerprint density at radius 2 is 0.616 bits per heavy atom. The Labute approximate surface area is 631 Å². The smallest absolute Gasteiger partial charge is 0.0346 e. The van der Waals surface area contributed by atoms with Crippen molar-refractivity contribution in [3.8, 4) is 101 Å². The molecule has 0 spiro atoms. The molecule has 9 aromatic carbocycles. The van der Waals surface area contributed by atoms with Crippen LogP contribution in [0.3, 0.4) is 0 Å². The molecule has 495 valence electrons. The first-order valence-electron chi connectivity index (χ1n) is 33.6. The van der Waals surface area contributed by atoms with E-state index >= 15 is 0 Å². The predicted molar refractivity (Wildman–Crippen MR) is 396 cm³/mol. The third-order valence-electron chi connectivity index (χ3n) is 14.9. The molecule has 6 nitrogen and oxygen atoms in total. The van der Waals surface area contributed by atoms with Gasteiger partial charge in [0.1, 0.15) is 0 Å². The van der Waals surface area contributed by atoms with Crippen LogP contribution in [0.4, 0.5) is 0 Å². The van der Waals surface area contributed by atoms with Crippen LogP contribution in [0.15, 0.2) is 347 Å². The molecule has 6 aromatic heterocycles. The third kappa shape index (κ3) is 23.2. The molecule has 0 aliphatic carbocycles. The van der Waals surface area contributed by atoms with Crippen molar-refractivity contribution in [3.63, 3.8) is 0 Å². The monoisotopic (exact) mass is 1820 g/mol. The minimum absolute atomic E-state index is 0. The molecule has 1 atom stereocenters. The van der Waals surface area contributed by atoms with Crippen molar-refractivity contribution in [3.05, 3.63) is 400 Å². The van der Waals surface area contributed by atoms with Gasteiger partial charge in [-0.1, -0.05) is 166 Å². The van der Waals surface area contributed by atoms with Crippen LogP contribution in [0, 0.1) is 43.3 Å². The Morgan fingerprint density at radius 1 is 0.323 bits per heavy atom. The second kappa shape index (κ2) is 41.8. The summed E-state index contributed by atoms with van der Waals surface area (Å²) in [5.74, 6) is -1.76. The van der Waals surface area contributed by atoms with E-state index in [4.69, 9.17) is 5.48 Å². The Hall–Kier alpha value is -10.2. The summed E-state index contributed by atoms with van der Waals surface area (Å²) in [6.45, 7) is 3.27. The fraction of sp³-hybridized carbons (Fsp3) is 0.0667. The maximum atomic E-state index is 8.57. The molecule has 1 unspecified atom stereocenters. The van der Waals surface area contributed by atoms with Gasteiger partial charge in [-0.15, -0.1) is 215 Å². The molecule has 99 heavy (non-hydrogen) atoms. The first-order chi connectivity index (χ1) is 48.9. The number of hydrogen-bond acceptors (Lipinski definition) is 6. The Morgan fingerprint density at radius 3 is 0.929 bits per heavy atom. The molecule has 0 fully saturated rings. The van der Waals surface area contributed by atoms with Crippen LogP contribution in [0.25, 0.3) is 101 Å². The largest absolute Gasteiger partial charge is 0.305 e. The van der Waals surface area contributed by atoms with Gasteiger partial charge < -0.3 is 29.9 Å². The van der Waals surface area contributed by atoms with Crippen LogP contribution in [-0.2, 0) is 66.7 Å². The van der Waals surface area contributed by atoms with E-state index in [-0.39, 0.29) is 60.3 Å². The first-order valence-corrected chi connectivity index (χ1v) is 31.6. The van der Waals surface area contributed by atoms with Crippen molar-refractivity contribution in [1.29, 1.82) is 0 Å². The van der Waals surface area contributed by atoms with Crippen LogP contribution < -0.4 is 0 Å². The Bertz CT molecular complexity index is 4550. The molecule has 0 saturated heterocycles. The van der Waals surface area contributed by atoms with E-state index in [1.807, 2.05) is 261 Å². The van der Waals surface area contributed by atoms with Crippen LogP contribution in [0.2, 0.25) is 0 Å². The van der Waals surface area contributed by atoms with Gasteiger partial charge in [-0.25, -0.2) is 0 Å². The molecule has 0 aliphatic rings. The number of nitrogens with zero attached hydrogens (tertiary/aromatic N) is 6. The molecule has 9 heteroatoms. The van der Waals surface area contributed by atoms with Crippen molar-refractivity contribution >= 4 is 0 Å². The quantitative estimate of drug-likeness (QED) is 0.120. The van der Waals surface area contributed by atoms with Gasteiger partial charge in [-0.05, 0) is 105 Å². The van der Waals surface area contributed by atoms with Crippen LogP contribution in [0.5, 0.6) is 0 Å². The van der Waals surface area contributed by atoms with Gasteiger partial charge in [0.25, 0.3) is 0 Å². The van der Waals surface area contributed by atoms with Crippen molar-refractivity contribution in [2.75, 3.05) is 0 Å². The SMILES string of the molecule is CCc1cc(-c2[c-]cccc2)ncc1-c1ccccc1.Cc1cc(-c2[c-]cccc2)ncc1-c1ccccc1.[2H]C([2H])([2H])C([2H])(C)c1cc(-c2[c-]cccc2)ncc1-c1ccccc1.[Ir].[Ir].[Ir].[c-]1ccccc1-c1ccccn1.[c-]1ccccc1-c1ccccn1.[c-]1ccccc1-c1ccccn1. The second-order valence-corrected chi connectivity index (χ2v) is 21.6. The van der Waals surface area contributed by atoms with E-state index in [0.717, 1.165) is 73.8 Å². The number of aromatic nitrogens is 6. The molecule has 6 heterocycles. The average Bonchev–Trinajstić information content (AvgIpc) is 0.763. The standard InChI is InChI=1S/C20H18N.C19H16N.C18H14N.3C11H8N.3Ir/c1-15(2)18-13-20(17-11-7-4-8-12-17)21-14-19(18)16-9-5-3-6-10-16;1-2-15-13-19(17-11-7-4-8-12-17)20-14-18(15)16-9-5-3-6-10-16;1-14-12-18(16-10-6-3-7-11-16)19-13-17(14)15-8-4-2-5-9-15;3*1-2-6-10(7-3-1)11-8-4-5-9-12-11;;;/h3-11,13-15H,1-2H3;3-11,13-14H,2H2,1H3;2-10,12-13H,1H3;3*1-6,8-9H;;;/q6*-1;;;/i1D3,15D;;;;;;;;. The Balaban J connectivity index is 0.000000176. The maximum absolute atomic E-state index is 8.57. The van der Waals surface area contributed by atoms with Crippen molar-refractivity contribution in [2.24, 2.45) is 0 Å². The average molecular weight is 1820 g/mol. The predicted octanol–water partition coefficient (Wildman–Crippen LogP) is 22.3. The van der Waals surface area contributed by atoms with E-state index < -0.39 is 12.7 Å². The van der Waals surface area contributed by atoms with Crippen LogP contribution in [0.1, 0.15) is 48.8 Å². The normalized spacial score (nSPS) is 11.2. The fourth-order valence-corrected chi connectivity index (χ4v) is 10.1. The topological polar surface area (TPSA) is 77.3 Å². The molecule has 0 saturated carbocycles. The zero-order chi connectivity index (χ0) is 69.6. The van der Waals surface area contributed by atoms with Crippen LogP contribution >= 0.6 is 0 Å². The van der Waals surface area contributed by atoms with Crippen LogP contribution in [-0.4, -0.2) is 29.9 Å². The minimum atomic E-state index is -2.46. The summed E-state index contributed by atoms with van der Waals surface area (Å²) in [6, 6.07) is 119. The van der Waals surface area contributed by atoms with E-state index in [1.54, 1.807) is 36.9 Å². The molecular weight excluding hydrogens is 1740 g/mol. The molecule has 3 radical (unpaired) electrons. The van der Waals surface area contributed by atoms with E-state index in [9.17, 15) is 0 Å². The van der Waals surface area contributed by atoms with Gasteiger partial charge in [0.2, 0.25) is 0 Å². The van der Waals surface area contributed by atoms with Crippen molar-refractivity contribution in [1.82, 2.24) is 29.9 Å². The summed E-state index contributed by atoms with van der Waals surface area (Å²) < 4.78 is 32.0. The summed E-state index contributed by atoms with van der Waals surface area (Å²) in [5, 5.41) is 0. The number of pyridine rings is 6. The molecule has 0 amide bonds. The summed E-state index contributed by atoms with van der Waals surface area (Å²) in [5.41, 5.74) is 20.8. The number of aryl methyl sites for hydroxylation is 2. The number of benzene rings is 9. The van der Waals surface area contributed by atoms with Gasteiger partial charge >= 0.3 is 0 Å². The molecule has 0 N–H and O–H groups in total. The molecular formula is C90H72Ir3N6-6. The molecule has 15 aromatic rings. The minimum Gasteiger partial charge on any atom is -0.305 e. The van der Waals surface area contributed by atoms with Gasteiger partial charge in [-0.2, -0.15) is 0 Å². The zero-order valence-electron chi connectivity index (χ0n) is 58.8. The van der Waals surface area contributed by atoms with E-state index in [2.05, 4.69) is 129 Å². The Kier molecular flexibility index (Phi) is 29.6. The summed E-state index contributed by atoms with van der Waals surface area (Å²) in [7, 11) is 0. The van der Waals surface area contributed by atoms with Gasteiger partial charge in [-0.3, -0.25) is 0 Å². The summed E-state index contributed by atoms with van der Waals surface area (Å²) in [4.78, 5) is 26.3. The van der Waals surface area contributed by atoms with Gasteiger partial charge in [0.15, 0.2) is 0 Å². The number of hydrogen-bond donors (Lipinski definition) is 0. The molecule has 0 aliphatic heterocycles.